The van der Waals surface area contributed by atoms with Crippen LogP contribution in [-0.4, -0.2) is 31.5 Å². The van der Waals surface area contributed by atoms with Gasteiger partial charge in [0.25, 0.3) is 0 Å². The van der Waals surface area contributed by atoms with Gasteiger partial charge in [-0.3, -0.25) is 0 Å². The van der Waals surface area contributed by atoms with Gasteiger partial charge in [-0.15, -0.1) is 0 Å². The highest BCUT2D eigenvalue weighted by Crippen LogP contribution is 2.07. The second-order valence-corrected chi connectivity index (χ2v) is 4.77. The smallest absolute Gasteiger partial charge is 0.434 e. The van der Waals surface area contributed by atoms with Gasteiger partial charge in [-0.1, -0.05) is 13.3 Å². The lowest BCUT2D eigenvalue weighted by atomic mass is 10.2. The van der Waals surface area contributed by atoms with E-state index in [2.05, 4.69) is 12.2 Å². The lowest BCUT2D eigenvalue weighted by Gasteiger charge is -2.18. The second-order valence-electron chi connectivity index (χ2n) is 4.77. The van der Waals surface area contributed by atoms with E-state index in [1.807, 2.05) is 20.8 Å². The first-order valence-corrected chi connectivity index (χ1v) is 6.02. The molecule has 16 heavy (non-hydrogen) atoms. The second kappa shape index (κ2) is 8.39. The van der Waals surface area contributed by atoms with Crippen LogP contribution in [0.4, 0.5) is 4.79 Å². The number of carbonyl (C=O) groups is 1. The van der Waals surface area contributed by atoms with Crippen molar-refractivity contribution < 1.29 is 14.3 Å². The molecule has 0 aliphatic rings. The van der Waals surface area contributed by atoms with Crippen molar-refractivity contribution in [2.24, 2.45) is 0 Å². The maximum atomic E-state index is 11.1. The van der Waals surface area contributed by atoms with Crippen LogP contribution in [0.2, 0.25) is 0 Å². The van der Waals surface area contributed by atoms with Crippen molar-refractivity contribution in [1.82, 2.24) is 5.32 Å². The molecule has 0 radical (unpaired) electrons. The van der Waals surface area contributed by atoms with Crippen molar-refractivity contribution in [1.29, 1.82) is 0 Å². The fourth-order valence-electron chi connectivity index (χ4n) is 1.06. The van der Waals surface area contributed by atoms with E-state index in [-0.39, 0.29) is 0 Å². The summed E-state index contributed by atoms with van der Waals surface area (Å²) in [5.41, 5.74) is -0.476. The highest BCUT2D eigenvalue weighted by molar-refractivity contribution is 5.60. The van der Waals surface area contributed by atoms with Gasteiger partial charge < -0.3 is 14.8 Å². The summed E-state index contributed by atoms with van der Waals surface area (Å²) in [5, 5.41) is 3.28. The van der Waals surface area contributed by atoms with Crippen LogP contribution < -0.4 is 5.32 Å². The van der Waals surface area contributed by atoms with E-state index in [1.54, 1.807) is 0 Å². The van der Waals surface area contributed by atoms with Crippen molar-refractivity contribution in [3.8, 4) is 0 Å². The number of hydrogen-bond donors (Lipinski definition) is 1. The zero-order valence-electron chi connectivity index (χ0n) is 11.0. The Labute approximate surface area is 98.7 Å². The van der Waals surface area contributed by atoms with Crippen LogP contribution in [0.1, 0.15) is 47.0 Å². The van der Waals surface area contributed by atoms with Crippen molar-refractivity contribution in [3.05, 3.63) is 0 Å². The molecule has 0 bridgehead atoms. The molecule has 0 amide bonds. The molecule has 4 nitrogen and oxygen atoms in total. The monoisotopic (exact) mass is 231 g/mol. The Morgan fingerprint density at radius 1 is 1.19 bits per heavy atom. The first-order chi connectivity index (χ1) is 7.45. The number of nitrogens with one attached hydrogen (secondary N) is 1. The van der Waals surface area contributed by atoms with Gasteiger partial charge in [-0.2, -0.15) is 0 Å². The van der Waals surface area contributed by atoms with Gasteiger partial charge in [0.1, 0.15) is 5.60 Å². The van der Waals surface area contributed by atoms with Crippen LogP contribution >= 0.6 is 0 Å². The summed E-state index contributed by atoms with van der Waals surface area (Å²) < 4.78 is 9.92. The Bertz CT molecular complexity index is 187. The summed E-state index contributed by atoms with van der Waals surface area (Å²) >= 11 is 0. The van der Waals surface area contributed by atoms with Crippen LogP contribution in [0.25, 0.3) is 0 Å². The van der Waals surface area contributed by atoms with Gasteiger partial charge in [0, 0.05) is 0 Å². The molecule has 0 aromatic carbocycles. The first-order valence-electron chi connectivity index (χ1n) is 6.02. The minimum atomic E-state index is -0.582. The number of carbonyl (C=O) groups excluding carboxylic acids is 1. The summed E-state index contributed by atoms with van der Waals surface area (Å²) in [6, 6.07) is 0. The summed E-state index contributed by atoms with van der Waals surface area (Å²) in [6.45, 7) is 9.94. The lowest BCUT2D eigenvalue weighted by Crippen LogP contribution is -2.25. The molecule has 0 fully saturated rings. The standard InChI is InChI=1S/C12H25NO3/c1-5-6-8-13-9-7-10-15-11(14)16-12(2,3)4/h13H,5-10H2,1-4H3. The molecule has 0 heterocycles. The van der Waals surface area contributed by atoms with Crippen LogP contribution in [0.5, 0.6) is 0 Å². The SMILES string of the molecule is CCCCNCCCOC(=O)OC(C)(C)C. The fraction of sp³-hybridized carbons (Fsp3) is 0.917. The molecule has 0 spiro atoms. The Morgan fingerprint density at radius 2 is 1.81 bits per heavy atom. The van der Waals surface area contributed by atoms with Gasteiger partial charge in [0.2, 0.25) is 0 Å². The molecule has 0 saturated carbocycles. The molecule has 0 aliphatic heterocycles. The molecule has 0 atom stereocenters. The van der Waals surface area contributed by atoms with Gasteiger partial charge >= 0.3 is 6.16 Å². The maximum absolute atomic E-state index is 11.1. The predicted molar refractivity (Wildman–Crippen MR) is 64.6 cm³/mol. The van der Waals surface area contributed by atoms with Crippen LogP contribution in [0.15, 0.2) is 0 Å². The zero-order valence-corrected chi connectivity index (χ0v) is 11.0. The third kappa shape index (κ3) is 11.3. The quantitative estimate of drug-likeness (QED) is 0.540. The van der Waals surface area contributed by atoms with E-state index < -0.39 is 11.8 Å². The highest BCUT2D eigenvalue weighted by atomic mass is 16.7. The van der Waals surface area contributed by atoms with Crippen LogP contribution in [-0.2, 0) is 9.47 Å². The van der Waals surface area contributed by atoms with Crippen LogP contribution in [0.3, 0.4) is 0 Å². The van der Waals surface area contributed by atoms with Gasteiger partial charge in [0.05, 0.1) is 6.61 Å². The van der Waals surface area contributed by atoms with E-state index >= 15 is 0 Å². The molecule has 0 aromatic heterocycles. The third-order valence-electron chi connectivity index (χ3n) is 1.81. The topological polar surface area (TPSA) is 47.6 Å². The number of rotatable bonds is 7. The Morgan fingerprint density at radius 3 is 2.38 bits per heavy atom. The van der Waals surface area contributed by atoms with Gasteiger partial charge in [0.15, 0.2) is 0 Å². The molecule has 0 aromatic rings. The van der Waals surface area contributed by atoms with E-state index in [9.17, 15) is 4.79 Å². The minimum absolute atomic E-state index is 0.411. The van der Waals surface area contributed by atoms with Crippen molar-refractivity contribution in [2.75, 3.05) is 19.7 Å². The molecular formula is C12H25NO3. The van der Waals surface area contributed by atoms with E-state index in [0.717, 1.165) is 19.5 Å². The average Bonchev–Trinajstić information content (AvgIpc) is 2.13. The third-order valence-corrected chi connectivity index (χ3v) is 1.81. The average molecular weight is 231 g/mol. The van der Waals surface area contributed by atoms with E-state index in [1.165, 1.54) is 12.8 Å². The maximum Gasteiger partial charge on any atom is 0.508 e. The summed E-state index contributed by atoms with van der Waals surface area (Å²) in [4.78, 5) is 11.1. The number of ether oxygens (including phenoxy) is 2. The lowest BCUT2D eigenvalue weighted by molar-refractivity contribution is -0.00740. The molecule has 0 rings (SSSR count). The molecule has 0 unspecified atom stereocenters. The fourth-order valence-corrected chi connectivity index (χ4v) is 1.06. The van der Waals surface area contributed by atoms with Crippen molar-refractivity contribution in [2.45, 2.75) is 52.6 Å². The largest absolute Gasteiger partial charge is 0.508 e. The van der Waals surface area contributed by atoms with E-state index in [0.29, 0.717) is 6.61 Å². The Balaban J connectivity index is 3.28. The highest BCUT2D eigenvalue weighted by Gasteiger charge is 2.16. The Kier molecular flexibility index (Phi) is 7.99. The predicted octanol–water partition coefficient (Wildman–Crippen LogP) is 2.72. The summed E-state index contributed by atoms with van der Waals surface area (Å²) in [6.07, 6.45) is 2.62. The number of unbranched alkanes of at least 4 members (excludes halogenated alkanes) is 1. The van der Waals surface area contributed by atoms with Gasteiger partial charge in [-0.25, -0.2) is 4.79 Å². The Hall–Kier alpha value is -0.770. The molecule has 0 saturated heterocycles. The molecular weight excluding hydrogens is 206 g/mol. The van der Waals surface area contributed by atoms with Crippen molar-refractivity contribution in [3.63, 3.8) is 0 Å². The normalized spacial score (nSPS) is 11.2. The zero-order chi connectivity index (χ0) is 12.4. The van der Waals surface area contributed by atoms with Crippen LogP contribution in [0, 0.1) is 0 Å². The van der Waals surface area contributed by atoms with Gasteiger partial charge in [-0.05, 0) is 46.7 Å². The van der Waals surface area contributed by atoms with Crippen molar-refractivity contribution >= 4 is 6.16 Å². The molecule has 0 aliphatic carbocycles. The minimum Gasteiger partial charge on any atom is -0.434 e. The number of hydrogen-bond acceptors (Lipinski definition) is 4. The summed E-state index contributed by atoms with van der Waals surface area (Å²) in [7, 11) is 0. The first kappa shape index (κ1) is 15.2. The molecule has 1 N–H and O–H groups in total. The molecule has 96 valence electrons. The van der Waals surface area contributed by atoms with E-state index in [4.69, 9.17) is 9.47 Å². The summed E-state index contributed by atoms with van der Waals surface area (Å²) in [5.74, 6) is 0. The molecule has 4 heteroatoms.